The molecule has 4 bridgehead atoms. The molecule has 0 aliphatic heterocycles. The van der Waals surface area contributed by atoms with E-state index in [1.807, 2.05) is 6.92 Å². The first-order valence-electron chi connectivity index (χ1n) is 7.67. The van der Waals surface area contributed by atoms with Gasteiger partial charge in [-0.25, -0.2) is 0 Å². The van der Waals surface area contributed by atoms with E-state index in [1.165, 1.54) is 38.5 Å². The molecule has 4 aliphatic rings. The summed E-state index contributed by atoms with van der Waals surface area (Å²) in [6, 6.07) is 0.195. The highest BCUT2D eigenvalue weighted by atomic mass is 16.4. The topological polar surface area (TPSA) is 64.9 Å². The summed E-state index contributed by atoms with van der Waals surface area (Å²) in [5, 5.41) is 8.03. The first-order valence-corrected chi connectivity index (χ1v) is 7.67. The van der Waals surface area contributed by atoms with E-state index in [-0.39, 0.29) is 6.04 Å². The minimum absolute atomic E-state index is 0.195. The molecule has 104 valence electrons. The summed E-state index contributed by atoms with van der Waals surface area (Å²) in [5.41, 5.74) is 6.96. The molecule has 0 amide bonds. The number of aryl methyl sites for hydroxylation is 1. The van der Waals surface area contributed by atoms with Gasteiger partial charge >= 0.3 is 0 Å². The van der Waals surface area contributed by atoms with Gasteiger partial charge < -0.3 is 10.2 Å². The fourth-order valence-electron chi connectivity index (χ4n) is 5.46. The predicted octanol–water partition coefficient (Wildman–Crippen LogP) is 2.46. The smallest absolute Gasteiger partial charge is 0.218 e. The van der Waals surface area contributed by atoms with Gasteiger partial charge in [0.1, 0.15) is 0 Å². The Balaban J connectivity index is 1.54. The van der Waals surface area contributed by atoms with E-state index in [0.29, 0.717) is 11.3 Å². The van der Waals surface area contributed by atoms with Crippen LogP contribution < -0.4 is 5.73 Å². The number of hydrogen-bond acceptors (Lipinski definition) is 4. The quantitative estimate of drug-likeness (QED) is 0.907. The molecule has 1 heterocycles. The monoisotopic (exact) mass is 261 g/mol. The van der Waals surface area contributed by atoms with Crippen LogP contribution in [0.3, 0.4) is 0 Å². The van der Waals surface area contributed by atoms with E-state index in [9.17, 15) is 0 Å². The van der Waals surface area contributed by atoms with Crippen molar-refractivity contribution >= 4 is 0 Å². The Morgan fingerprint density at radius 3 is 2.21 bits per heavy atom. The molecule has 0 spiro atoms. The minimum atomic E-state index is 0.195. The van der Waals surface area contributed by atoms with Gasteiger partial charge in [-0.3, -0.25) is 0 Å². The fraction of sp³-hybridized carbons (Fsp3) is 0.867. The van der Waals surface area contributed by atoms with Gasteiger partial charge in [0.25, 0.3) is 0 Å². The average Bonchev–Trinajstić information content (AvgIpc) is 2.73. The minimum Gasteiger partial charge on any atom is -0.426 e. The van der Waals surface area contributed by atoms with Crippen molar-refractivity contribution in [1.29, 1.82) is 0 Å². The molecule has 4 heteroatoms. The van der Waals surface area contributed by atoms with E-state index in [2.05, 4.69) is 10.2 Å². The molecule has 4 nitrogen and oxygen atoms in total. The molecule has 0 radical (unpaired) electrons. The molecule has 4 fully saturated rings. The lowest BCUT2D eigenvalue weighted by Gasteiger charge is -2.58. The summed E-state index contributed by atoms with van der Waals surface area (Å²) in [6.07, 6.45) is 9.17. The highest BCUT2D eigenvalue weighted by molar-refractivity contribution is 5.06. The Labute approximate surface area is 114 Å². The lowest BCUT2D eigenvalue weighted by Crippen LogP contribution is -2.55. The summed E-state index contributed by atoms with van der Waals surface area (Å²) >= 11 is 0. The molecule has 0 saturated heterocycles. The molecule has 5 rings (SSSR count). The van der Waals surface area contributed by atoms with E-state index >= 15 is 0 Å². The van der Waals surface area contributed by atoms with E-state index in [0.717, 1.165) is 30.1 Å². The van der Waals surface area contributed by atoms with Crippen LogP contribution in [0.1, 0.15) is 50.3 Å². The van der Waals surface area contributed by atoms with Gasteiger partial charge in [-0.1, -0.05) is 0 Å². The Hall–Kier alpha value is -0.900. The Bertz CT molecular complexity index is 446. The number of nitrogens with two attached hydrogens (primary N) is 1. The van der Waals surface area contributed by atoms with Crippen LogP contribution in [0.15, 0.2) is 4.42 Å². The zero-order chi connectivity index (χ0) is 13.0. The summed E-state index contributed by atoms with van der Waals surface area (Å²) in [5.74, 6) is 4.21. The van der Waals surface area contributed by atoms with Crippen LogP contribution in [0.2, 0.25) is 0 Å². The molecule has 0 aromatic carbocycles. The van der Waals surface area contributed by atoms with Crippen molar-refractivity contribution in [3.8, 4) is 0 Å². The number of rotatable bonds is 3. The molecule has 1 aromatic heterocycles. The van der Waals surface area contributed by atoms with Crippen LogP contribution in [-0.4, -0.2) is 16.2 Å². The normalized spacial score (nSPS) is 41.7. The average molecular weight is 261 g/mol. The van der Waals surface area contributed by atoms with Crippen molar-refractivity contribution in [2.24, 2.45) is 28.9 Å². The van der Waals surface area contributed by atoms with Crippen LogP contribution in [0.4, 0.5) is 0 Å². The maximum absolute atomic E-state index is 6.59. The summed E-state index contributed by atoms with van der Waals surface area (Å²) < 4.78 is 5.52. The van der Waals surface area contributed by atoms with Gasteiger partial charge in [-0.05, 0) is 61.7 Å². The highest BCUT2D eigenvalue weighted by Crippen LogP contribution is 2.61. The summed E-state index contributed by atoms with van der Waals surface area (Å²) in [4.78, 5) is 0. The van der Waals surface area contributed by atoms with E-state index in [1.54, 1.807) is 0 Å². The Morgan fingerprint density at radius 1 is 1.16 bits per heavy atom. The predicted molar refractivity (Wildman–Crippen MR) is 71.3 cm³/mol. The third-order valence-corrected chi connectivity index (χ3v) is 5.83. The fourth-order valence-corrected chi connectivity index (χ4v) is 5.46. The SMILES string of the molecule is Cc1nnc(CC(N)C23CC4CC(CC(C4)C2)C3)o1. The molecule has 1 atom stereocenters. The van der Waals surface area contributed by atoms with Crippen LogP contribution in [-0.2, 0) is 6.42 Å². The molecule has 1 unspecified atom stereocenters. The second-order valence-electron chi connectivity index (χ2n) is 7.31. The molecule has 4 saturated carbocycles. The highest BCUT2D eigenvalue weighted by Gasteiger charge is 2.53. The number of hydrogen-bond donors (Lipinski definition) is 1. The standard InChI is InChI=1S/C15H23N3O/c1-9-17-18-14(19-9)5-13(16)15-6-10-2-11(7-15)4-12(3-10)8-15/h10-13H,2-8,16H2,1H3. The van der Waals surface area contributed by atoms with Crippen molar-refractivity contribution in [3.05, 3.63) is 11.8 Å². The third kappa shape index (κ3) is 1.92. The molecular weight excluding hydrogens is 238 g/mol. The first-order chi connectivity index (χ1) is 9.13. The van der Waals surface area contributed by atoms with Crippen molar-refractivity contribution < 1.29 is 4.42 Å². The van der Waals surface area contributed by atoms with Crippen LogP contribution in [0, 0.1) is 30.1 Å². The van der Waals surface area contributed by atoms with E-state index < -0.39 is 0 Å². The lowest BCUT2D eigenvalue weighted by atomic mass is 9.47. The third-order valence-electron chi connectivity index (χ3n) is 5.83. The van der Waals surface area contributed by atoms with Crippen molar-refractivity contribution in [2.45, 2.75) is 57.9 Å². The summed E-state index contributed by atoms with van der Waals surface area (Å²) in [6.45, 7) is 1.84. The molecule has 4 aliphatic carbocycles. The number of aromatic nitrogens is 2. The second-order valence-corrected chi connectivity index (χ2v) is 7.31. The molecular formula is C15H23N3O. The van der Waals surface area contributed by atoms with Gasteiger partial charge in [0, 0.05) is 19.4 Å². The van der Waals surface area contributed by atoms with Gasteiger partial charge in [0.05, 0.1) is 0 Å². The Morgan fingerprint density at radius 2 is 1.74 bits per heavy atom. The molecule has 1 aromatic rings. The van der Waals surface area contributed by atoms with Gasteiger partial charge in [-0.2, -0.15) is 0 Å². The van der Waals surface area contributed by atoms with Crippen molar-refractivity contribution in [3.63, 3.8) is 0 Å². The zero-order valence-electron chi connectivity index (χ0n) is 11.6. The van der Waals surface area contributed by atoms with Gasteiger partial charge in [0.2, 0.25) is 11.8 Å². The van der Waals surface area contributed by atoms with Gasteiger partial charge in [-0.15, -0.1) is 10.2 Å². The largest absolute Gasteiger partial charge is 0.426 e. The molecule has 2 N–H and O–H groups in total. The Kier molecular flexibility index (Phi) is 2.53. The summed E-state index contributed by atoms with van der Waals surface area (Å²) in [7, 11) is 0. The van der Waals surface area contributed by atoms with Gasteiger partial charge in [0.15, 0.2) is 0 Å². The van der Waals surface area contributed by atoms with Crippen LogP contribution >= 0.6 is 0 Å². The molecule has 19 heavy (non-hydrogen) atoms. The van der Waals surface area contributed by atoms with Crippen LogP contribution in [0.25, 0.3) is 0 Å². The number of nitrogens with zero attached hydrogens (tertiary/aromatic N) is 2. The van der Waals surface area contributed by atoms with E-state index in [4.69, 9.17) is 10.2 Å². The maximum atomic E-state index is 6.59. The van der Waals surface area contributed by atoms with Crippen LogP contribution in [0.5, 0.6) is 0 Å². The zero-order valence-corrected chi connectivity index (χ0v) is 11.6. The van der Waals surface area contributed by atoms with Crippen molar-refractivity contribution in [2.75, 3.05) is 0 Å². The lowest BCUT2D eigenvalue weighted by molar-refractivity contribution is -0.0675. The second kappa shape index (κ2) is 4.05. The first kappa shape index (κ1) is 11.9. The maximum Gasteiger partial charge on any atom is 0.218 e. The van der Waals surface area contributed by atoms with Crippen molar-refractivity contribution in [1.82, 2.24) is 10.2 Å².